The molecule has 0 unspecified atom stereocenters. The molecule has 138 valence electrons. The maximum Gasteiger partial charge on any atom is 0.326 e. The minimum atomic E-state index is -1.05. The summed E-state index contributed by atoms with van der Waals surface area (Å²) in [5.41, 5.74) is 0. The zero-order valence-corrected chi connectivity index (χ0v) is 14.8. The summed E-state index contributed by atoms with van der Waals surface area (Å²) in [6.45, 7) is 3.55. The predicted octanol–water partition coefficient (Wildman–Crippen LogP) is 3.47. The van der Waals surface area contributed by atoms with Crippen LogP contribution in [0, 0.1) is 5.92 Å². The van der Waals surface area contributed by atoms with E-state index in [-0.39, 0.29) is 12.5 Å². The van der Waals surface area contributed by atoms with Crippen molar-refractivity contribution in [2.45, 2.75) is 26.3 Å². The molecule has 2 rings (SSSR count). The van der Waals surface area contributed by atoms with Gasteiger partial charge in [-0.2, -0.15) is 0 Å². The summed E-state index contributed by atoms with van der Waals surface area (Å²) < 4.78 is 11.1. The van der Waals surface area contributed by atoms with Gasteiger partial charge in [-0.05, 0) is 48.7 Å². The zero-order chi connectivity index (χ0) is 18.9. The lowest BCUT2D eigenvalue weighted by atomic mass is 10.0. The molecule has 2 N–H and O–H groups in total. The van der Waals surface area contributed by atoms with E-state index in [0.717, 1.165) is 5.75 Å². The smallest absolute Gasteiger partial charge is 0.326 e. The summed E-state index contributed by atoms with van der Waals surface area (Å²) in [6.07, 6.45) is 0.368. The van der Waals surface area contributed by atoms with Crippen molar-refractivity contribution < 1.29 is 24.2 Å². The molecule has 0 aliphatic heterocycles. The van der Waals surface area contributed by atoms with E-state index >= 15 is 0 Å². The highest BCUT2D eigenvalue weighted by atomic mass is 16.5. The first-order valence-electron chi connectivity index (χ1n) is 8.42. The molecule has 6 nitrogen and oxygen atoms in total. The van der Waals surface area contributed by atoms with Gasteiger partial charge in [-0.25, -0.2) is 4.79 Å². The van der Waals surface area contributed by atoms with Crippen LogP contribution < -0.4 is 14.8 Å². The highest BCUT2D eigenvalue weighted by Crippen LogP contribution is 2.23. The number of carbonyl (C=O) groups is 2. The Bertz CT molecular complexity index is 713. The lowest BCUT2D eigenvalue weighted by molar-refractivity contribution is -0.142. The number of carbonyl (C=O) groups excluding carboxylic acids is 1. The van der Waals surface area contributed by atoms with Gasteiger partial charge >= 0.3 is 5.97 Å². The maximum atomic E-state index is 11.9. The molecular weight excluding hydrogens is 334 g/mol. The van der Waals surface area contributed by atoms with Crippen LogP contribution in [0.3, 0.4) is 0 Å². The number of amides is 1. The highest BCUT2D eigenvalue weighted by molar-refractivity contribution is 5.84. The van der Waals surface area contributed by atoms with Crippen molar-refractivity contribution in [3.05, 3.63) is 54.6 Å². The van der Waals surface area contributed by atoms with Gasteiger partial charge in [-0.1, -0.05) is 32.0 Å². The quantitative estimate of drug-likeness (QED) is 0.718. The summed E-state index contributed by atoms with van der Waals surface area (Å²) in [4.78, 5) is 23.1. The van der Waals surface area contributed by atoms with E-state index in [4.69, 9.17) is 14.6 Å². The molecule has 0 bridgehead atoms. The molecule has 0 saturated carbocycles. The van der Waals surface area contributed by atoms with Crippen LogP contribution in [0.25, 0.3) is 0 Å². The van der Waals surface area contributed by atoms with Crippen LogP contribution in [0.1, 0.15) is 20.3 Å². The van der Waals surface area contributed by atoms with Gasteiger partial charge in [0.05, 0.1) is 0 Å². The number of nitrogens with one attached hydrogen (secondary N) is 1. The van der Waals surface area contributed by atoms with Gasteiger partial charge in [-0.3, -0.25) is 4.79 Å². The Morgan fingerprint density at radius 2 is 1.54 bits per heavy atom. The Morgan fingerprint density at radius 3 is 2.12 bits per heavy atom. The van der Waals surface area contributed by atoms with E-state index in [0.29, 0.717) is 17.9 Å². The molecule has 0 saturated heterocycles. The summed E-state index contributed by atoms with van der Waals surface area (Å²) in [5, 5.41) is 11.6. The van der Waals surface area contributed by atoms with Crippen LogP contribution in [0.4, 0.5) is 0 Å². The summed E-state index contributed by atoms with van der Waals surface area (Å²) in [7, 11) is 0. The Kier molecular flexibility index (Phi) is 7.02. The zero-order valence-electron chi connectivity index (χ0n) is 14.8. The van der Waals surface area contributed by atoms with Crippen LogP contribution >= 0.6 is 0 Å². The third-order valence-corrected chi connectivity index (χ3v) is 3.51. The third-order valence-electron chi connectivity index (χ3n) is 3.51. The lowest BCUT2D eigenvalue weighted by Crippen LogP contribution is -2.43. The van der Waals surface area contributed by atoms with Gasteiger partial charge in [0.1, 0.15) is 23.3 Å². The highest BCUT2D eigenvalue weighted by Gasteiger charge is 2.21. The third kappa shape index (κ3) is 6.47. The van der Waals surface area contributed by atoms with Crippen molar-refractivity contribution in [1.82, 2.24) is 5.32 Å². The van der Waals surface area contributed by atoms with Gasteiger partial charge in [0.2, 0.25) is 0 Å². The molecule has 0 fully saturated rings. The van der Waals surface area contributed by atoms with E-state index in [1.807, 2.05) is 44.2 Å². The number of aliphatic carboxylic acids is 1. The number of carboxylic acids is 1. The molecular formula is C20H23NO5. The van der Waals surface area contributed by atoms with Crippen molar-refractivity contribution in [2.75, 3.05) is 6.61 Å². The minimum Gasteiger partial charge on any atom is -0.484 e. The van der Waals surface area contributed by atoms with Crippen LogP contribution in [-0.2, 0) is 9.59 Å². The molecule has 0 aliphatic carbocycles. The van der Waals surface area contributed by atoms with Crippen LogP contribution in [-0.4, -0.2) is 29.6 Å². The first-order valence-corrected chi connectivity index (χ1v) is 8.42. The fraction of sp³-hybridized carbons (Fsp3) is 0.300. The molecule has 2 aromatic carbocycles. The van der Waals surface area contributed by atoms with Crippen molar-refractivity contribution in [2.24, 2.45) is 5.92 Å². The van der Waals surface area contributed by atoms with Crippen molar-refractivity contribution in [3.8, 4) is 17.2 Å². The summed E-state index contributed by atoms with van der Waals surface area (Å²) >= 11 is 0. The number of hydrogen-bond donors (Lipinski definition) is 2. The molecule has 6 heteroatoms. The second-order valence-corrected chi connectivity index (χ2v) is 6.26. The van der Waals surface area contributed by atoms with E-state index in [9.17, 15) is 9.59 Å². The summed E-state index contributed by atoms with van der Waals surface area (Å²) in [5.74, 6) is 0.518. The number of ether oxygens (including phenoxy) is 2. The van der Waals surface area contributed by atoms with E-state index in [1.165, 1.54) is 0 Å². The van der Waals surface area contributed by atoms with Crippen LogP contribution in [0.15, 0.2) is 54.6 Å². The second-order valence-electron chi connectivity index (χ2n) is 6.26. The van der Waals surface area contributed by atoms with Crippen molar-refractivity contribution in [3.63, 3.8) is 0 Å². The molecule has 0 aliphatic rings. The molecule has 2 aromatic rings. The predicted molar refractivity (Wildman–Crippen MR) is 97.5 cm³/mol. The number of rotatable bonds is 9. The number of para-hydroxylation sites is 1. The molecule has 0 radical (unpaired) electrons. The van der Waals surface area contributed by atoms with Crippen LogP contribution in [0.2, 0.25) is 0 Å². The number of carboxylic acid groups (broad SMARTS) is 1. The molecule has 0 aromatic heterocycles. The normalized spacial score (nSPS) is 11.7. The fourth-order valence-corrected chi connectivity index (χ4v) is 2.31. The van der Waals surface area contributed by atoms with Gasteiger partial charge < -0.3 is 19.9 Å². The molecule has 1 atom stereocenters. The monoisotopic (exact) mass is 357 g/mol. The Balaban J connectivity index is 1.83. The van der Waals surface area contributed by atoms with E-state index in [2.05, 4.69) is 5.32 Å². The van der Waals surface area contributed by atoms with Gasteiger partial charge in [0.25, 0.3) is 5.91 Å². The van der Waals surface area contributed by atoms with Crippen molar-refractivity contribution >= 4 is 11.9 Å². The van der Waals surface area contributed by atoms with E-state index in [1.54, 1.807) is 24.3 Å². The summed E-state index contributed by atoms with van der Waals surface area (Å²) in [6, 6.07) is 15.3. The topological polar surface area (TPSA) is 84.9 Å². The first-order chi connectivity index (χ1) is 12.4. The van der Waals surface area contributed by atoms with Gasteiger partial charge in [0.15, 0.2) is 6.61 Å². The van der Waals surface area contributed by atoms with Gasteiger partial charge in [-0.15, -0.1) is 0 Å². The number of hydrogen-bond acceptors (Lipinski definition) is 4. The second kappa shape index (κ2) is 9.46. The standard InChI is InChI=1S/C20H23NO5/c1-14(2)12-18(20(23)24)21-19(22)13-25-15-8-10-17(11-9-15)26-16-6-4-3-5-7-16/h3-11,14,18H,12-13H2,1-2H3,(H,21,22)(H,23,24)/t18-/m1/s1. The Hall–Kier alpha value is -3.02. The lowest BCUT2D eigenvalue weighted by Gasteiger charge is -2.16. The molecule has 1 amide bonds. The van der Waals surface area contributed by atoms with Gasteiger partial charge in [0, 0.05) is 0 Å². The van der Waals surface area contributed by atoms with Crippen molar-refractivity contribution in [1.29, 1.82) is 0 Å². The molecule has 0 heterocycles. The molecule has 26 heavy (non-hydrogen) atoms. The fourth-order valence-electron chi connectivity index (χ4n) is 2.31. The Morgan fingerprint density at radius 1 is 0.962 bits per heavy atom. The molecule has 0 spiro atoms. The average Bonchev–Trinajstić information content (AvgIpc) is 2.61. The van der Waals surface area contributed by atoms with Crippen LogP contribution in [0.5, 0.6) is 17.2 Å². The first kappa shape index (κ1) is 19.3. The largest absolute Gasteiger partial charge is 0.484 e. The maximum absolute atomic E-state index is 11.9. The number of benzene rings is 2. The minimum absolute atomic E-state index is 0.162. The SMILES string of the molecule is CC(C)C[C@@H](NC(=O)COc1ccc(Oc2ccccc2)cc1)C(=O)O. The average molecular weight is 357 g/mol. The Labute approximate surface area is 152 Å². The van der Waals surface area contributed by atoms with E-state index < -0.39 is 17.9 Å².